The quantitative estimate of drug-likeness (QED) is 0.267. The van der Waals surface area contributed by atoms with Crippen molar-refractivity contribution in [1.29, 1.82) is 0 Å². The first-order valence-electron chi connectivity index (χ1n) is 5.73. The largest absolute Gasteiger partial charge is 0.493 e. The van der Waals surface area contributed by atoms with Gasteiger partial charge in [0.25, 0.3) is 0 Å². The molecule has 20 heavy (non-hydrogen) atoms. The Morgan fingerprint density at radius 1 is 1.45 bits per heavy atom. The maximum atomic E-state index is 10.9. The SMILES string of the molecule is COc1cc(C(O)C(O)CN=[N+]=[N-])ccc1OC(C)=O. The highest BCUT2D eigenvalue weighted by molar-refractivity contribution is 5.70. The highest BCUT2D eigenvalue weighted by atomic mass is 16.6. The number of esters is 1. The van der Waals surface area contributed by atoms with E-state index < -0.39 is 18.2 Å². The summed E-state index contributed by atoms with van der Waals surface area (Å²) in [4.78, 5) is 13.4. The first kappa shape index (κ1) is 15.8. The summed E-state index contributed by atoms with van der Waals surface area (Å²) in [5.74, 6) is -0.0480. The number of ether oxygens (including phenoxy) is 2. The zero-order valence-corrected chi connectivity index (χ0v) is 11.1. The summed E-state index contributed by atoms with van der Waals surface area (Å²) >= 11 is 0. The number of aliphatic hydroxyl groups excluding tert-OH is 2. The molecule has 8 nitrogen and oxygen atoms in total. The van der Waals surface area contributed by atoms with Gasteiger partial charge in [-0.15, -0.1) is 0 Å². The molecule has 0 saturated heterocycles. The van der Waals surface area contributed by atoms with Gasteiger partial charge in [0.1, 0.15) is 6.10 Å². The highest BCUT2D eigenvalue weighted by Gasteiger charge is 2.19. The fraction of sp³-hybridized carbons (Fsp3) is 0.417. The van der Waals surface area contributed by atoms with Crippen molar-refractivity contribution in [2.24, 2.45) is 5.11 Å². The molecule has 0 aliphatic carbocycles. The van der Waals surface area contributed by atoms with Crippen LogP contribution in [0.15, 0.2) is 23.3 Å². The van der Waals surface area contributed by atoms with Crippen LogP contribution in [0.1, 0.15) is 18.6 Å². The van der Waals surface area contributed by atoms with Crippen LogP contribution in [0.2, 0.25) is 0 Å². The van der Waals surface area contributed by atoms with Crippen LogP contribution in [0, 0.1) is 0 Å². The molecule has 0 amide bonds. The van der Waals surface area contributed by atoms with Gasteiger partial charge in [0.15, 0.2) is 11.5 Å². The lowest BCUT2D eigenvalue weighted by molar-refractivity contribution is -0.132. The van der Waals surface area contributed by atoms with E-state index in [1.807, 2.05) is 0 Å². The Bertz CT molecular complexity index is 528. The summed E-state index contributed by atoms with van der Waals surface area (Å²) < 4.78 is 9.97. The van der Waals surface area contributed by atoms with Crippen LogP contribution in [0.25, 0.3) is 10.4 Å². The molecule has 1 aromatic carbocycles. The summed E-state index contributed by atoms with van der Waals surface area (Å²) in [6.45, 7) is 0.998. The molecule has 0 fully saturated rings. The molecule has 2 atom stereocenters. The van der Waals surface area contributed by atoms with Crippen LogP contribution in [0.4, 0.5) is 0 Å². The predicted molar refractivity (Wildman–Crippen MR) is 69.3 cm³/mol. The third-order valence-corrected chi connectivity index (χ3v) is 2.48. The molecule has 8 heteroatoms. The van der Waals surface area contributed by atoms with Crippen molar-refractivity contribution in [2.45, 2.75) is 19.1 Å². The molecule has 108 valence electrons. The Kier molecular flexibility index (Phi) is 5.79. The van der Waals surface area contributed by atoms with Crippen molar-refractivity contribution < 1.29 is 24.5 Å². The number of hydrogen-bond acceptors (Lipinski definition) is 6. The van der Waals surface area contributed by atoms with Crippen LogP contribution in [0.5, 0.6) is 11.5 Å². The first-order valence-corrected chi connectivity index (χ1v) is 5.73. The van der Waals surface area contributed by atoms with E-state index in [0.29, 0.717) is 5.56 Å². The third kappa shape index (κ3) is 4.13. The second-order valence-electron chi connectivity index (χ2n) is 3.93. The van der Waals surface area contributed by atoms with Gasteiger partial charge in [-0.2, -0.15) is 0 Å². The molecule has 2 N–H and O–H groups in total. The average Bonchev–Trinajstić information content (AvgIpc) is 2.43. The number of azide groups is 1. The lowest BCUT2D eigenvalue weighted by Gasteiger charge is -2.17. The van der Waals surface area contributed by atoms with Crippen molar-refractivity contribution in [1.82, 2.24) is 0 Å². The zero-order chi connectivity index (χ0) is 15.1. The van der Waals surface area contributed by atoms with E-state index in [1.165, 1.54) is 32.2 Å². The maximum absolute atomic E-state index is 10.9. The molecule has 1 rings (SSSR count). The minimum atomic E-state index is -1.25. The molecule has 0 spiro atoms. The van der Waals surface area contributed by atoms with E-state index in [4.69, 9.17) is 15.0 Å². The molecule has 0 aliphatic rings. The van der Waals surface area contributed by atoms with Gasteiger partial charge in [-0.1, -0.05) is 11.2 Å². The molecule has 0 aliphatic heterocycles. The summed E-state index contributed by atoms with van der Waals surface area (Å²) in [6.07, 6.45) is -2.49. The average molecular weight is 281 g/mol. The van der Waals surface area contributed by atoms with Gasteiger partial charge in [0.05, 0.1) is 19.8 Å². The minimum absolute atomic E-state index is 0.209. The Morgan fingerprint density at radius 2 is 2.15 bits per heavy atom. The molecule has 0 saturated carbocycles. The normalized spacial score (nSPS) is 13.0. The highest BCUT2D eigenvalue weighted by Crippen LogP contribution is 2.31. The molecule has 0 aromatic heterocycles. The van der Waals surface area contributed by atoms with Crippen molar-refractivity contribution in [3.8, 4) is 11.5 Å². The maximum Gasteiger partial charge on any atom is 0.308 e. The van der Waals surface area contributed by atoms with Gasteiger partial charge in [-0.25, -0.2) is 0 Å². The summed E-state index contributed by atoms with van der Waals surface area (Å²) in [7, 11) is 1.38. The van der Waals surface area contributed by atoms with Crippen molar-refractivity contribution >= 4 is 5.97 Å². The standard InChI is InChI=1S/C12H15N3O5/c1-7(16)20-10-4-3-8(5-11(10)19-2)12(18)9(17)6-14-15-13/h3-5,9,12,17-18H,6H2,1-2H3. The van der Waals surface area contributed by atoms with Gasteiger partial charge in [-0.05, 0) is 23.2 Å². The zero-order valence-electron chi connectivity index (χ0n) is 11.1. The monoisotopic (exact) mass is 281 g/mol. The lowest BCUT2D eigenvalue weighted by atomic mass is 10.0. The molecule has 0 bridgehead atoms. The van der Waals surface area contributed by atoms with Crippen LogP contribution in [-0.4, -0.2) is 35.9 Å². The Morgan fingerprint density at radius 3 is 2.70 bits per heavy atom. The van der Waals surface area contributed by atoms with E-state index in [2.05, 4.69) is 10.0 Å². The van der Waals surface area contributed by atoms with E-state index in [-0.39, 0.29) is 18.0 Å². The number of carbonyl (C=O) groups is 1. The molecular formula is C12H15N3O5. The van der Waals surface area contributed by atoms with Gasteiger partial charge in [-0.3, -0.25) is 4.79 Å². The first-order chi connectivity index (χ1) is 9.49. The molecule has 0 radical (unpaired) electrons. The van der Waals surface area contributed by atoms with Crippen molar-refractivity contribution in [3.63, 3.8) is 0 Å². The number of aliphatic hydroxyl groups is 2. The third-order valence-electron chi connectivity index (χ3n) is 2.48. The Labute approximate surface area is 115 Å². The summed E-state index contributed by atoms with van der Waals surface area (Å²) in [5.41, 5.74) is 8.51. The Balaban J connectivity index is 2.96. The number of carbonyl (C=O) groups excluding carboxylic acids is 1. The molecular weight excluding hydrogens is 266 g/mol. The van der Waals surface area contributed by atoms with Crippen LogP contribution in [0.3, 0.4) is 0 Å². The van der Waals surface area contributed by atoms with Gasteiger partial charge in [0.2, 0.25) is 0 Å². The number of methoxy groups -OCH3 is 1. The topological polar surface area (TPSA) is 125 Å². The predicted octanol–water partition coefficient (Wildman–Crippen LogP) is 1.33. The number of benzene rings is 1. The van der Waals surface area contributed by atoms with Crippen molar-refractivity contribution in [3.05, 3.63) is 34.2 Å². The molecule has 1 aromatic rings. The smallest absolute Gasteiger partial charge is 0.308 e. The number of rotatable bonds is 6. The molecule has 0 heterocycles. The second kappa shape index (κ2) is 7.34. The fourth-order valence-electron chi connectivity index (χ4n) is 1.55. The van der Waals surface area contributed by atoms with Crippen molar-refractivity contribution in [2.75, 3.05) is 13.7 Å². The van der Waals surface area contributed by atoms with Gasteiger partial charge < -0.3 is 19.7 Å². The van der Waals surface area contributed by atoms with E-state index in [9.17, 15) is 15.0 Å². The summed E-state index contributed by atoms with van der Waals surface area (Å²) in [5, 5.41) is 22.7. The number of hydrogen-bond donors (Lipinski definition) is 2. The van der Waals surface area contributed by atoms with E-state index in [0.717, 1.165) is 0 Å². The fourth-order valence-corrected chi connectivity index (χ4v) is 1.55. The van der Waals surface area contributed by atoms with Crippen LogP contribution < -0.4 is 9.47 Å². The second-order valence-corrected chi connectivity index (χ2v) is 3.93. The van der Waals surface area contributed by atoms with Gasteiger partial charge in [0, 0.05) is 11.8 Å². The molecule has 2 unspecified atom stereocenters. The summed E-state index contributed by atoms with van der Waals surface area (Å²) in [6, 6.07) is 4.35. The lowest BCUT2D eigenvalue weighted by Crippen LogP contribution is -2.21. The Hall–Kier alpha value is -2.28. The van der Waals surface area contributed by atoms with E-state index >= 15 is 0 Å². The van der Waals surface area contributed by atoms with E-state index in [1.54, 1.807) is 0 Å². The van der Waals surface area contributed by atoms with Crippen LogP contribution in [-0.2, 0) is 4.79 Å². The number of nitrogens with zero attached hydrogens (tertiary/aromatic N) is 3. The minimum Gasteiger partial charge on any atom is -0.493 e. The van der Waals surface area contributed by atoms with Crippen LogP contribution >= 0.6 is 0 Å². The van der Waals surface area contributed by atoms with Gasteiger partial charge >= 0.3 is 5.97 Å².